The van der Waals surface area contributed by atoms with Gasteiger partial charge in [0.25, 0.3) is 0 Å². The van der Waals surface area contributed by atoms with Crippen molar-refractivity contribution in [2.45, 2.75) is 44.7 Å². The SMILES string of the molecule is CN(C)CCCOc1ccc(CNC[C@H]2CC[C@@H](Nc3nc(N(C)C)c4ccccc4n3)CC2)cc1. The zero-order chi connectivity index (χ0) is 25.3. The molecule has 1 aliphatic rings. The molecule has 0 amide bonds. The predicted molar refractivity (Wildman–Crippen MR) is 150 cm³/mol. The van der Waals surface area contributed by atoms with Crippen LogP contribution in [0.3, 0.4) is 0 Å². The van der Waals surface area contributed by atoms with E-state index in [1.165, 1.54) is 18.4 Å². The van der Waals surface area contributed by atoms with Crippen LogP contribution in [0, 0.1) is 5.92 Å². The van der Waals surface area contributed by atoms with Gasteiger partial charge in [0, 0.05) is 38.6 Å². The third-order valence-electron chi connectivity index (χ3n) is 6.89. The number of anilines is 2. The van der Waals surface area contributed by atoms with E-state index < -0.39 is 0 Å². The van der Waals surface area contributed by atoms with Crippen LogP contribution in [0.15, 0.2) is 48.5 Å². The molecule has 1 heterocycles. The smallest absolute Gasteiger partial charge is 0.225 e. The molecule has 7 nitrogen and oxygen atoms in total. The van der Waals surface area contributed by atoms with Crippen molar-refractivity contribution >= 4 is 22.7 Å². The number of hydrogen-bond donors (Lipinski definition) is 2. The van der Waals surface area contributed by atoms with E-state index in [0.717, 1.165) is 79.8 Å². The Hall–Kier alpha value is -2.90. The first kappa shape index (κ1) is 26.2. The number of fused-ring (bicyclic) bond motifs is 1. The summed E-state index contributed by atoms with van der Waals surface area (Å²) >= 11 is 0. The molecule has 1 saturated carbocycles. The van der Waals surface area contributed by atoms with Crippen LogP contribution in [0.2, 0.25) is 0 Å². The second-order valence-electron chi connectivity index (χ2n) is 10.4. The maximum atomic E-state index is 5.84. The van der Waals surface area contributed by atoms with Gasteiger partial charge >= 0.3 is 0 Å². The van der Waals surface area contributed by atoms with Gasteiger partial charge in [0.1, 0.15) is 11.6 Å². The first-order valence-corrected chi connectivity index (χ1v) is 13.3. The van der Waals surface area contributed by atoms with Crippen LogP contribution in [0.4, 0.5) is 11.8 Å². The summed E-state index contributed by atoms with van der Waals surface area (Å²) in [6.07, 6.45) is 5.79. The van der Waals surface area contributed by atoms with E-state index in [2.05, 4.69) is 70.9 Å². The molecule has 0 bridgehead atoms. The molecule has 194 valence electrons. The largest absolute Gasteiger partial charge is 0.494 e. The van der Waals surface area contributed by atoms with Gasteiger partial charge in [-0.2, -0.15) is 4.98 Å². The Labute approximate surface area is 216 Å². The number of rotatable bonds is 12. The monoisotopic (exact) mass is 490 g/mol. The number of hydrogen-bond acceptors (Lipinski definition) is 7. The van der Waals surface area contributed by atoms with E-state index >= 15 is 0 Å². The summed E-state index contributed by atoms with van der Waals surface area (Å²) in [6.45, 7) is 3.77. The second kappa shape index (κ2) is 12.9. The van der Waals surface area contributed by atoms with Crippen molar-refractivity contribution < 1.29 is 4.74 Å². The number of ether oxygens (including phenoxy) is 1. The summed E-state index contributed by atoms with van der Waals surface area (Å²) < 4.78 is 5.84. The van der Waals surface area contributed by atoms with Crippen LogP contribution in [-0.2, 0) is 6.54 Å². The minimum atomic E-state index is 0.433. The van der Waals surface area contributed by atoms with Crippen LogP contribution < -0.4 is 20.3 Å². The molecular formula is C29H42N6O. The third kappa shape index (κ3) is 7.55. The summed E-state index contributed by atoms with van der Waals surface area (Å²) in [5.74, 6) is 3.38. The van der Waals surface area contributed by atoms with Gasteiger partial charge in [-0.15, -0.1) is 0 Å². The lowest BCUT2D eigenvalue weighted by Crippen LogP contribution is -2.31. The maximum absolute atomic E-state index is 5.84. The molecular weight excluding hydrogens is 448 g/mol. The minimum absolute atomic E-state index is 0.433. The summed E-state index contributed by atoms with van der Waals surface area (Å²) in [6, 6.07) is 17.2. The van der Waals surface area contributed by atoms with Gasteiger partial charge in [-0.25, -0.2) is 4.98 Å². The molecule has 1 aliphatic carbocycles. The topological polar surface area (TPSA) is 65.6 Å². The summed E-state index contributed by atoms with van der Waals surface area (Å²) in [5.41, 5.74) is 2.29. The molecule has 36 heavy (non-hydrogen) atoms. The Morgan fingerprint density at radius 3 is 2.39 bits per heavy atom. The van der Waals surface area contributed by atoms with Gasteiger partial charge in [0.05, 0.1) is 12.1 Å². The number of aromatic nitrogens is 2. The third-order valence-corrected chi connectivity index (χ3v) is 6.89. The Bertz CT molecular complexity index is 1080. The lowest BCUT2D eigenvalue weighted by Gasteiger charge is -2.29. The Morgan fingerprint density at radius 2 is 1.67 bits per heavy atom. The second-order valence-corrected chi connectivity index (χ2v) is 10.4. The summed E-state index contributed by atoms with van der Waals surface area (Å²) in [5, 5.41) is 8.37. The predicted octanol–water partition coefficient (Wildman–Crippen LogP) is 4.79. The van der Waals surface area contributed by atoms with Gasteiger partial charge in [0.15, 0.2) is 0 Å². The molecule has 0 radical (unpaired) electrons. The van der Waals surface area contributed by atoms with E-state index in [-0.39, 0.29) is 0 Å². The van der Waals surface area contributed by atoms with Crippen molar-refractivity contribution in [3.05, 3.63) is 54.1 Å². The van der Waals surface area contributed by atoms with E-state index in [0.29, 0.717) is 6.04 Å². The normalized spacial score (nSPS) is 17.9. The molecule has 7 heteroatoms. The van der Waals surface area contributed by atoms with Crippen molar-refractivity contribution in [3.63, 3.8) is 0 Å². The number of nitrogens with zero attached hydrogens (tertiary/aromatic N) is 4. The van der Waals surface area contributed by atoms with E-state index in [1.54, 1.807) is 0 Å². The van der Waals surface area contributed by atoms with Crippen molar-refractivity contribution in [3.8, 4) is 5.75 Å². The van der Waals surface area contributed by atoms with Crippen LogP contribution in [-0.4, -0.2) is 68.8 Å². The summed E-state index contributed by atoms with van der Waals surface area (Å²) in [4.78, 5) is 13.8. The standard InChI is InChI=1S/C29H42N6O/c1-34(2)18-7-19-36-25-16-12-23(13-17-25)21-30-20-22-10-14-24(15-11-22)31-29-32-27-9-6-5-8-26(27)28(33-29)35(3)4/h5-6,8-9,12-13,16-17,22,24,30H,7,10-11,14-15,18-21H2,1-4H3,(H,31,32,33)/t22-,24+. The molecule has 0 atom stereocenters. The molecule has 2 aromatic carbocycles. The van der Waals surface area contributed by atoms with Crippen LogP contribution in [0.25, 0.3) is 10.9 Å². The van der Waals surface area contributed by atoms with E-state index in [4.69, 9.17) is 14.7 Å². The fourth-order valence-electron chi connectivity index (χ4n) is 4.85. The van der Waals surface area contributed by atoms with Crippen molar-refractivity contribution in [1.82, 2.24) is 20.2 Å². The van der Waals surface area contributed by atoms with Gasteiger partial charge in [-0.05, 0) is 88.5 Å². The van der Waals surface area contributed by atoms with Crippen LogP contribution >= 0.6 is 0 Å². The molecule has 3 aromatic rings. The molecule has 1 aromatic heterocycles. The maximum Gasteiger partial charge on any atom is 0.225 e. The average Bonchev–Trinajstić information content (AvgIpc) is 2.88. The quantitative estimate of drug-likeness (QED) is 0.354. The van der Waals surface area contributed by atoms with Crippen molar-refractivity contribution in [2.75, 3.05) is 58.1 Å². The first-order valence-electron chi connectivity index (χ1n) is 13.3. The lowest BCUT2D eigenvalue weighted by atomic mass is 9.86. The fraction of sp³-hybridized carbons (Fsp3) is 0.517. The molecule has 1 fully saturated rings. The van der Waals surface area contributed by atoms with E-state index in [9.17, 15) is 0 Å². The molecule has 0 unspecified atom stereocenters. The fourth-order valence-corrected chi connectivity index (χ4v) is 4.85. The highest BCUT2D eigenvalue weighted by Gasteiger charge is 2.22. The van der Waals surface area contributed by atoms with E-state index in [1.807, 2.05) is 26.2 Å². The molecule has 4 rings (SSSR count). The lowest BCUT2D eigenvalue weighted by molar-refractivity contribution is 0.281. The van der Waals surface area contributed by atoms with Crippen molar-refractivity contribution in [1.29, 1.82) is 0 Å². The Balaban J connectivity index is 1.18. The molecule has 0 spiro atoms. The van der Waals surface area contributed by atoms with Gasteiger partial charge in [0.2, 0.25) is 5.95 Å². The molecule has 0 aliphatic heterocycles. The molecule has 2 N–H and O–H groups in total. The number of benzene rings is 2. The van der Waals surface area contributed by atoms with Crippen molar-refractivity contribution in [2.24, 2.45) is 5.92 Å². The summed E-state index contributed by atoms with van der Waals surface area (Å²) in [7, 11) is 8.25. The number of para-hydroxylation sites is 1. The van der Waals surface area contributed by atoms with Gasteiger partial charge in [-0.1, -0.05) is 24.3 Å². The zero-order valence-corrected chi connectivity index (χ0v) is 22.3. The Kier molecular flexibility index (Phi) is 9.36. The Morgan fingerprint density at radius 1 is 0.917 bits per heavy atom. The zero-order valence-electron chi connectivity index (χ0n) is 22.3. The highest BCUT2D eigenvalue weighted by molar-refractivity contribution is 5.90. The average molecular weight is 491 g/mol. The van der Waals surface area contributed by atoms with Gasteiger partial charge in [-0.3, -0.25) is 0 Å². The van der Waals surface area contributed by atoms with Crippen LogP contribution in [0.1, 0.15) is 37.7 Å². The first-order chi connectivity index (χ1) is 17.5. The highest BCUT2D eigenvalue weighted by atomic mass is 16.5. The minimum Gasteiger partial charge on any atom is -0.494 e. The van der Waals surface area contributed by atoms with Crippen LogP contribution in [0.5, 0.6) is 5.75 Å². The highest BCUT2D eigenvalue weighted by Crippen LogP contribution is 2.28. The van der Waals surface area contributed by atoms with Gasteiger partial charge < -0.3 is 25.2 Å². The molecule has 0 saturated heterocycles. The number of nitrogens with one attached hydrogen (secondary N) is 2.